The standard InChI is InChI=1S/C8H8O3/c1-4-5(2)7-6(3)10-8(9)11-7/h7H,1,3H2,2H3. The topological polar surface area (TPSA) is 35.5 Å². The summed E-state index contributed by atoms with van der Waals surface area (Å²) in [5, 5.41) is 0. The summed E-state index contributed by atoms with van der Waals surface area (Å²) in [6, 6.07) is 0. The lowest BCUT2D eigenvalue weighted by Gasteiger charge is -2.03. The van der Waals surface area contributed by atoms with Crippen molar-refractivity contribution in [2.24, 2.45) is 0 Å². The normalized spacial score (nSPS) is 22.1. The molecule has 0 aromatic heterocycles. The molecule has 1 fully saturated rings. The quantitative estimate of drug-likeness (QED) is 0.424. The number of carbonyl (C=O) groups excluding carboxylic acids is 1. The van der Waals surface area contributed by atoms with Gasteiger partial charge in [-0.05, 0) is 6.92 Å². The molecule has 3 nitrogen and oxygen atoms in total. The van der Waals surface area contributed by atoms with E-state index in [-0.39, 0.29) is 0 Å². The van der Waals surface area contributed by atoms with Crippen molar-refractivity contribution >= 4 is 6.16 Å². The van der Waals surface area contributed by atoms with Crippen molar-refractivity contribution < 1.29 is 14.3 Å². The first-order valence-electron chi connectivity index (χ1n) is 3.09. The van der Waals surface area contributed by atoms with Crippen LogP contribution in [0.4, 0.5) is 4.79 Å². The van der Waals surface area contributed by atoms with Gasteiger partial charge in [0.1, 0.15) is 5.76 Å². The van der Waals surface area contributed by atoms with Gasteiger partial charge in [0.2, 0.25) is 0 Å². The van der Waals surface area contributed by atoms with Crippen LogP contribution in [-0.4, -0.2) is 12.3 Å². The SMILES string of the molecule is C=C=C(C)C1OC(=O)OC1=C. The van der Waals surface area contributed by atoms with Gasteiger partial charge in [-0.3, -0.25) is 0 Å². The molecule has 1 rings (SSSR count). The molecule has 0 aromatic carbocycles. The van der Waals surface area contributed by atoms with Crippen LogP contribution < -0.4 is 0 Å². The average Bonchev–Trinajstić information content (AvgIpc) is 2.28. The fraction of sp³-hybridized carbons (Fsp3) is 0.250. The minimum Gasteiger partial charge on any atom is -0.417 e. The van der Waals surface area contributed by atoms with Crippen LogP contribution >= 0.6 is 0 Å². The molecule has 0 N–H and O–H groups in total. The molecular weight excluding hydrogens is 144 g/mol. The molecule has 0 amide bonds. The van der Waals surface area contributed by atoms with E-state index >= 15 is 0 Å². The van der Waals surface area contributed by atoms with Crippen molar-refractivity contribution in [1.29, 1.82) is 0 Å². The van der Waals surface area contributed by atoms with Crippen LogP contribution in [0.5, 0.6) is 0 Å². The monoisotopic (exact) mass is 152 g/mol. The minimum atomic E-state index is -0.713. The van der Waals surface area contributed by atoms with Gasteiger partial charge in [-0.15, -0.1) is 5.73 Å². The van der Waals surface area contributed by atoms with Gasteiger partial charge in [-0.2, -0.15) is 0 Å². The Hall–Kier alpha value is -1.47. The second-order valence-electron chi connectivity index (χ2n) is 2.18. The fourth-order valence-corrected chi connectivity index (χ4v) is 0.769. The molecule has 0 radical (unpaired) electrons. The summed E-state index contributed by atoms with van der Waals surface area (Å²) < 4.78 is 9.28. The molecule has 0 aromatic rings. The van der Waals surface area contributed by atoms with Crippen molar-refractivity contribution in [2.45, 2.75) is 13.0 Å². The maximum absolute atomic E-state index is 10.5. The lowest BCUT2D eigenvalue weighted by molar-refractivity contribution is 0.125. The zero-order valence-corrected chi connectivity index (χ0v) is 6.22. The highest BCUT2D eigenvalue weighted by Crippen LogP contribution is 2.22. The van der Waals surface area contributed by atoms with Gasteiger partial charge in [0, 0.05) is 5.57 Å². The van der Waals surface area contributed by atoms with Gasteiger partial charge < -0.3 is 9.47 Å². The van der Waals surface area contributed by atoms with E-state index in [1.54, 1.807) is 6.92 Å². The van der Waals surface area contributed by atoms with Crippen molar-refractivity contribution in [3.8, 4) is 0 Å². The molecule has 11 heavy (non-hydrogen) atoms. The molecule has 0 bridgehead atoms. The lowest BCUT2D eigenvalue weighted by Crippen LogP contribution is -2.08. The van der Waals surface area contributed by atoms with Gasteiger partial charge >= 0.3 is 6.16 Å². The van der Waals surface area contributed by atoms with Crippen molar-refractivity contribution in [1.82, 2.24) is 0 Å². The number of hydrogen-bond donors (Lipinski definition) is 0. The number of cyclic esters (lactones) is 2. The number of rotatable bonds is 1. The zero-order chi connectivity index (χ0) is 8.43. The summed E-state index contributed by atoms with van der Waals surface area (Å²) in [4.78, 5) is 10.5. The Morgan fingerprint density at radius 3 is 2.73 bits per heavy atom. The highest BCUT2D eigenvalue weighted by Gasteiger charge is 2.30. The Labute approximate surface area is 64.6 Å². The average molecular weight is 152 g/mol. The van der Waals surface area contributed by atoms with Gasteiger partial charge in [-0.25, -0.2) is 4.79 Å². The van der Waals surface area contributed by atoms with Crippen molar-refractivity contribution in [2.75, 3.05) is 0 Å². The van der Waals surface area contributed by atoms with E-state index in [9.17, 15) is 4.79 Å². The first-order valence-corrected chi connectivity index (χ1v) is 3.09. The molecule has 1 aliphatic rings. The molecule has 1 saturated heterocycles. The summed E-state index contributed by atoms with van der Waals surface area (Å²) in [7, 11) is 0. The molecule has 1 atom stereocenters. The van der Waals surface area contributed by atoms with Crippen LogP contribution in [0.2, 0.25) is 0 Å². The Morgan fingerprint density at radius 2 is 2.36 bits per heavy atom. The van der Waals surface area contributed by atoms with E-state index < -0.39 is 12.3 Å². The Kier molecular flexibility index (Phi) is 1.83. The molecule has 58 valence electrons. The molecule has 0 spiro atoms. The van der Waals surface area contributed by atoms with E-state index in [2.05, 4.69) is 23.6 Å². The Bertz CT molecular complexity index is 259. The van der Waals surface area contributed by atoms with Gasteiger partial charge in [0.05, 0.1) is 0 Å². The third kappa shape index (κ3) is 1.33. The van der Waals surface area contributed by atoms with Gasteiger partial charge in [-0.1, -0.05) is 13.2 Å². The highest BCUT2D eigenvalue weighted by atomic mass is 16.8. The molecule has 0 saturated carbocycles. The fourth-order valence-electron chi connectivity index (χ4n) is 0.769. The smallest absolute Gasteiger partial charge is 0.417 e. The summed E-state index contributed by atoms with van der Waals surface area (Å²) >= 11 is 0. The predicted molar refractivity (Wildman–Crippen MR) is 38.8 cm³/mol. The van der Waals surface area contributed by atoms with Crippen LogP contribution in [0.25, 0.3) is 0 Å². The van der Waals surface area contributed by atoms with E-state index in [1.807, 2.05) is 0 Å². The predicted octanol–water partition coefficient (Wildman–Crippen LogP) is 1.77. The second-order valence-corrected chi connectivity index (χ2v) is 2.18. The minimum absolute atomic E-state index is 0.295. The summed E-state index contributed by atoms with van der Waals surface area (Å²) in [6.45, 7) is 8.65. The zero-order valence-electron chi connectivity index (χ0n) is 6.22. The number of carbonyl (C=O) groups is 1. The van der Waals surface area contributed by atoms with Gasteiger partial charge in [0.15, 0.2) is 6.10 Å². The van der Waals surface area contributed by atoms with Crippen LogP contribution in [-0.2, 0) is 9.47 Å². The first kappa shape index (κ1) is 7.63. The molecule has 1 aliphatic heterocycles. The van der Waals surface area contributed by atoms with Crippen LogP contribution in [0, 0.1) is 0 Å². The number of hydrogen-bond acceptors (Lipinski definition) is 3. The molecule has 3 heteroatoms. The van der Waals surface area contributed by atoms with Crippen LogP contribution in [0.3, 0.4) is 0 Å². The van der Waals surface area contributed by atoms with E-state index in [0.29, 0.717) is 11.3 Å². The Morgan fingerprint density at radius 1 is 1.73 bits per heavy atom. The largest absolute Gasteiger partial charge is 0.514 e. The molecule has 1 unspecified atom stereocenters. The summed E-state index contributed by atoms with van der Waals surface area (Å²) in [5.74, 6) is 0.295. The van der Waals surface area contributed by atoms with Gasteiger partial charge in [0.25, 0.3) is 0 Å². The lowest BCUT2D eigenvalue weighted by atomic mass is 10.1. The van der Waals surface area contributed by atoms with E-state index in [0.717, 1.165) is 0 Å². The van der Waals surface area contributed by atoms with Crippen molar-refractivity contribution in [3.63, 3.8) is 0 Å². The third-order valence-corrected chi connectivity index (χ3v) is 1.39. The van der Waals surface area contributed by atoms with Crippen LogP contribution in [0.15, 0.2) is 30.2 Å². The maximum Gasteiger partial charge on any atom is 0.514 e. The summed E-state index contributed by atoms with van der Waals surface area (Å²) in [6.07, 6.45) is -1.21. The first-order chi connectivity index (χ1) is 5.15. The summed E-state index contributed by atoms with van der Waals surface area (Å²) in [5.41, 5.74) is 3.30. The highest BCUT2D eigenvalue weighted by molar-refractivity contribution is 5.65. The van der Waals surface area contributed by atoms with Crippen LogP contribution in [0.1, 0.15) is 6.92 Å². The molecule has 0 aliphatic carbocycles. The maximum atomic E-state index is 10.5. The molecule has 1 heterocycles. The van der Waals surface area contributed by atoms with Crippen molar-refractivity contribution in [3.05, 3.63) is 30.2 Å². The van der Waals surface area contributed by atoms with E-state index in [4.69, 9.17) is 4.74 Å². The Balaban J connectivity index is 2.83. The second kappa shape index (κ2) is 2.64. The number of ether oxygens (including phenoxy) is 2. The third-order valence-electron chi connectivity index (χ3n) is 1.39. The van der Waals surface area contributed by atoms with E-state index in [1.165, 1.54) is 0 Å². The molecular formula is C8H8O3.